The molecule has 5 nitrogen and oxygen atoms in total. The third-order valence-corrected chi connectivity index (χ3v) is 7.83. The van der Waals surface area contributed by atoms with Crippen molar-refractivity contribution in [2.75, 3.05) is 11.1 Å². The van der Waals surface area contributed by atoms with E-state index in [1.54, 1.807) is 22.7 Å². The van der Waals surface area contributed by atoms with Crippen LogP contribution in [0.5, 0.6) is 0 Å². The number of thiazole rings is 1. The van der Waals surface area contributed by atoms with Crippen molar-refractivity contribution in [2.45, 2.75) is 32.7 Å². The molecule has 4 rings (SSSR count). The molecule has 0 bridgehead atoms. The van der Waals surface area contributed by atoms with Crippen molar-refractivity contribution in [3.05, 3.63) is 64.2 Å². The summed E-state index contributed by atoms with van der Waals surface area (Å²) < 4.78 is 0. The van der Waals surface area contributed by atoms with Gasteiger partial charge < -0.3 is 5.32 Å². The average molecular weight is 467 g/mol. The highest BCUT2D eigenvalue weighted by atomic mass is 32.2. The Morgan fingerprint density at radius 3 is 2.48 bits per heavy atom. The quantitative estimate of drug-likeness (QED) is 0.338. The van der Waals surface area contributed by atoms with E-state index >= 15 is 0 Å². The van der Waals surface area contributed by atoms with E-state index in [1.165, 1.54) is 17.3 Å². The summed E-state index contributed by atoms with van der Waals surface area (Å²) in [6.07, 6.45) is 0. The number of hydrogen-bond donors (Lipinski definition) is 1. The monoisotopic (exact) mass is 466 g/mol. The Morgan fingerprint density at radius 2 is 1.84 bits per heavy atom. The van der Waals surface area contributed by atoms with Gasteiger partial charge in [0, 0.05) is 5.69 Å². The van der Waals surface area contributed by atoms with Gasteiger partial charge in [-0.05, 0) is 62.4 Å². The summed E-state index contributed by atoms with van der Waals surface area (Å²) in [5, 5.41) is 15.5. The van der Waals surface area contributed by atoms with Gasteiger partial charge in [0.2, 0.25) is 5.91 Å². The number of rotatable bonds is 6. The van der Waals surface area contributed by atoms with E-state index in [2.05, 4.69) is 51.0 Å². The fourth-order valence-corrected chi connectivity index (χ4v) is 5.79. The molecule has 0 saturated heterocycles. The first kappa shape index (κ1) is 21.7. The van der Waals surface area contributed by atoms with Crippen molar-refractivity contribution in [3.8, 4) is 20.5 Å². The predicted molar refractivity (Wildman–Crippen MR) is 131 cm³/mol. The standard InChI is InChI=1S/C23H22N4OS3/c1-13-10-14(2)21(15(3)11-13)25-19(28)12-30-20-8-7-17(26-27-20)22-16(4)24-23(31-22)18-6-5-9-29-18/h5-11H,12H2,1-4H3,(H,25,28). The molecule has 1 amide bonds. The summed E-state index contributed by atoms with van der Waals surface area (Å²) in [4.78, 5) is 19.3. The zero-order chi connectivity index (χ0) is 22.0. The number of nitrogens with one attached hydrogen (secondary N) is 1. The first-order valence-corrected chi connectivity index (χ1v) is 12.4. The van der Waals surface area contributed by atoms with E-state index in [4.69, 9.17) is 0 Å². The molecule has 0 aliphatic heterocycles. The van der Waals surface area contributed by atoms with Gasteiger partial charge in [-0.25, -0.2) is 4.98 Å². The van der Waals surface area contributed by atoms with Crippen LogP contribution in [0.15, 0.2) is 46.8 Å². The molecule has 0 unspecified atom stereocenters. The minimum atomic E-state index is -0.0511. The molecule has 0 fully saturated rings. The lowest BCUT2D eigenvalue weighted by Gasteiger charge is -2.12. The van der Waals surface area contributed by atoms with Crippen LogP contribution in [0.2, 0.25) is 0 Å². The Hall–Kier alpha value is -2.55. The number of aromatic nitrogens is 3. The van der Waals surface area contributed by atoms with Gasteiger partial charge in [0.25, 0.3) is 0 Å². The molecule has 0 spiro atoms. The Kier molecular flexibility index (Phi) is 6.50. The van der Waals surface area contributed by atoms with Crippen LogP contribution in [-0.4, -0.2) is 26.8 Å². The highest BCUT2D eigenvalue weighted by molar-refractivity contribution is 7.99. The number of anilines is 1. The predicted octanol–water partition coefficient (Wildman–Crippen LogP) is 6.29. The lowest BCUT2D eigenvalue weighted by atomic mass is 10.1. The van der Waals surface area contributed by atoms with Gasteiger partial charge in [-0.2, -0.15) is 0 Å². The largest absolute Gasteiger partial charge is 0.325 e. The molecule has 158 valence electrons. The van der Waals surface area contributed by atoms with Crippen molar-refractivity contribution < 1.29 is 4.79 Å². The maximum absolute atomic E-state index is 12.4. The number of hydrogen-bond acceptors (Lipinski definition) is 7. The van der Waals surface area contributed by atoms with E-state index in [0.717, 1.165) is 48.0 Å². The Bertz CT molecular complexity index is 1190. The molecule has 8 heteroatoms. The Labute approximate surface area is 194 Å². The van der Waals surface area contributed by atoms with Crippen molar-refractivity contribution in [1.29, 1.82) is 0 Å². The van der Waals surface area contributed by atoms with E-state index in [1.807, 2.05) is 39.0 Å². The first-order valence-electron chi connectivity index (χ1n) is 9.76. The van der Waals surface area contributed by atoms with Crippen molar-refractivity contribution >= 4 is 46.0 Å². The average Bonchev–Trinajstić information content (AvgIpc) is 3.39. The second kappa shape index (κ2) is 9.30. The second-order valence-electron chi connectivity index (χ2n) is 7.28. The van der Waals surface area contributed by atoms with Crippen molar-refractivity contribution in [3.63, 3.8) is 0 Å². The van der Waals surface area contributed by atoms with Gasteiger partial charge in [0.15, 0.2) is 0 Å². The van der Waals surface area contributed by atoms with Crippen LogP contribution >= 0.6 is 34.4 Å². The molecule has 0 aliphatic carbocycles. The summed E-state index contributed by atoms with van der Waals surface area (Å²) in [6.45, 7) is 8.07. The van der Waals surface area contributed by atoms with Gasteiger partial charge in [-0.1, -0.05) is 35.5 Å². The maximum atomic E-state index is 12.4. The molecule has 1 aromatic carbocycles. The van der Waals surface area contributed by atoms with Crippen LogP contribution in [-0.2, 0) is 4.79 Å². The summed E-state index contributed by atoms with van der Waals surface area (Å²) >= 11 is 4.68. The van der Waals surface area contributed by atoms with Gasteiger partial charge in [0.05, 0.1) is 21.2 Å². The Morgan fingerprint density at radius 1 is 1.06 bits per heavy atom. The molecule has 31 heavy (non-hydrogen) atoms. The van der Waals surface area contributed by atoms with Crippen molar-refractivity contribution in [1.82, 2.24) is 15.2 Å². The summed E-state index contributed by atoms with van der Waals surface area (Å²) in [5.74, 6) is 0.230. The normalized spacial score (nSPS) is 11.0. The number of amides is 1. The molecule has 0 radical (unpaired) electrons. The summed E-state index contributed by atoms with van der Waals surface area (Å²) in [5.41, 5.74) is 5.98. The fourth-order valence-electron chi connectivity index (χ4n) is 3.35. The highest BCUT2D eigenvalue weighted by Crippen LogP contribution is 2.36. The molecule has 3 aromatic heterocycles. The topological polar surface area (TPSA) is 67.8 Å². The first-order chi connectivity index (χ1) is 14.9. The molecule has 0 atom stereocenters. The van der Waals surface area contributed by atoms with E-state index in [-0.39, 0.29) is 11.7 Å². The minimum absolute atomic E-state index is 0.0511. The highest BCUT2D eigenvalue weighted by Gasteiger charge is 2.14. The smallest absolute Gasteiger partial charge is 0.234 e. The molecule has 1 N–H and O–H groups in total. The maximum Gasteiger partial charge on any atom is 0.234 e. The van der Waals surface area contributed by atoms with E-state index < -0.39 is 0 Å². The van der Waals surface area contributed by atoms with Crippen LogP contribution in [0.25, 0.3) is 20.5 Å². The van der Waals surface area contributed by atoms with Crippen LogP contribution in [0, 0.1) is 27.7 Å². The van der Waals surface area contributed by atoms with Crippen LogP contribution in [0.4, 0.5) is 5.69 Å². The van der Waals surface area contributed by atoms with Crippen LogP contribution < -0.4 is 5.32 Å². The number of carbonyl (C=O) groups is 1. The number of thioether (sulfide) groups is 1. The van der Waals surface area contributed by atoms with E-state index in [9.17, 15) is 4.79 Å². The number of benzene rings is 1. The number of aryl methyl sites for hydroxylation is 4. The number of thiophene rings is 1. The van der Waals surface area contributed by atoms with Crippen LogP contribution in [0.3, 0.4) is 0 Å². The third kappa shape index (κ3) is 5.03. The zero-order valence-electron chi connectivity index (χ0n) is 17.7. The molecular formula is C23H22N4OS3. The number of nitrogens with zero attached hydrogens (tertiary/aromatic N) is 3. The van der Waals surface area contributed by atoms with Gasteiger partial charge >= 0.3 is 0 Å². The molecular weight excluding hydrogens is 444 g/mol. The molecule has 0 saturated carbocycles. The number of carbonyl (C=O) groups excluding carboxylic acids is 1. The van der Waals surface area contributed by atoms with Gasteiger partial charge in [-0.15, -0.1) is 32.9 Å². The molecule has 4 aromatic rings. The minimum Gasteiger partial charge on any atom is -0.325 e. The fraction of sp³-hybridized carbons (Fsp3) is 0.217. The third-order valence-electron chi connectivity index (χ3n) is 4.69. The van der Waals surface area contributed by atoms with Crippen LogP contribution in [0.1, 0.15) is 22.4 Å². The summed E-state index contributed by atoms with van der Waals surface area (Å²) in [7, 11) is 0. The summed E-state index contributed by atoms with van der Waals surface area (Å²) in [6, 6.07) is 12.1. The zero-order valence-corrected chi connectivity index (χ0v) is 20.2. The van der Waals surface area contributed by atoms with E-state index in [0.29, 0.717) is 0 Å². The molecule has 3 heterocycles. The second-order valence-corrected chi connectivity index (χ2v) is 10.2. The van der Waals surface area contributed by atoms with Gasteiger partial charge in [0.1, 0.15) is 15.7 Å². The lowest BCUT2D eigenvalue weighted by molar-refractivity contribution is -0.113. The van der Waals surface area contributed by atoms with Crippen molar-refractivity contribution in [2.24, 2.45) is 0 Å². The Balaban J connectivity index is 1.40. The molecule has 0 aliphatic rings. The SMILES string of the molecule is Cc1cc(C)c(NC(=O)CSc2ccc(-c3sc(-c4cccs4)nc3C)nn2)c(C)c1. The van der Waals surface area contributed by atoms with Gasteiger partial charge in [-0.3, -0.25) is 4.79 Å². The lowest BCUT2D eigenvalue weighted by Crippen LogP contribution is -2.16.